The van der Waals surface area contributed by atoms with Gasteiger partial charge in [-0.2, -0.15) is 5.26 Å². The number of benzene rings is 2. The topological polar surface area (TPSA) is 90.7 Å². The standard InChI is InChI=1S/C19H14FN5O/c1-12-22-17(19(26)25-16-9-5-3-7-14(16)20)10-18(23-12)24-15-8-4-2-6-13(15)11-21/h2-10H,1H3,(H,25,26)(H,22,23,24). The maximum Gasteiger partial charge on any atom is 0.274 e. The van der Waals surface area contributed by atoms with Crippen LogP contribution in [-0.2, 0) is 0 Å². The number of aromatic nitrogens is 2. The fourth-order valence-corrected chi connectivity index (χ4v) is 2.32. The number of carbonyl (C=O) groups excluding carboxylic acids is 1. The van der Waals surface area contributed by atoms with E-state index in [1.807, 2.05) is 0 Å². The molecule has 3 rings (SSSR count). The Morgan fingerprint density at radius 3 is 2.50 bits per heavy atom. The van der Waals surface area contributed by atoms with E-state index in [0.717, 1.165) is 0 Å². The first-order chi connectivity index (χ1) is 12.6. The van der Waals surface area contributed by atoms with E-state index >= 15 is 0 Å². The van der Waals surface area contributed by atoms with Crippen LogP contribution in [0.2, 0.25) is 0 Å². The number of hydrogen-bond acceptors (Lipinski definition) is 5. The Morgan fingerprint density at radius 1 is 1.08 bits per heavy atom. The van der Waals surface area contributed by atoms with Gasteiger partial charge in [0.1, 0.15) is 29.2 Å². The summed E-state index contributed by atoms with van der Waals surface area (Å²) in [6.07, 6.45) is 0. The predicted molar refractivity (Wildman–Crippen MR) is 95.6 cm³/mol. The number of aryl methyl sites for hydroxylation is 1. The van der Waals surface area contributed by atoms with E-state index in [1.54, 1.807) is 37.3 Å². The van der Waals surface area contributed by atoms with Crippen LogP contribution in [0.5, 0.6) is 0 Å². The van der Waals surface area contributed by atoms with Crippen molar-refractivity contribution in [3.63, 3.8) is 0 Å². The largest absolute Gasteiger partial charge is 0.339 e. The highest BCUT2D eigenvalue weighted by molar-refractivity contribution is 6.03. The first-order valence-corrected chi connectivity index (χ1v) is 7.74. The molecule has 0 saturated carbocycles. The van der Waals surface area contributed by atoms with Crippen molar-refractivity contribution in [1.29, 1.82) is 5.26 Å². The van der Waals surface area contributed by atoms with Crippen molar-refractivity contribution in [1.82, 2.24) is 9.97 Å². The zero-order chi connectivity index (χ0) is 18.5. The quantitative estimate of drug-likeness (QED) is 0.749. The Bertz CT molecular complexity index is 1010. The van der Waals surface area contributed by atoms with Crippen molar-refractivity contribution in [2.45, 2.75) is 6.92 Å². The van der Waals surface area contributed by atoms with Gasteiger partial charge in [0.2, 0.25) is 0 Å². The van der Waals surface area contributed by atoms with Crippen LogP contribution >= 0.6 is 0 Å². The fraction of sp³-hybridized carbons (Fsp3) is 0.0526. The molecule has 0 aliphatic rings. The molecule has 1 amide bonds. The van der Waals surface area contributed by atoms with Crippen LogP contribution < -0.4 is 10.6 Å². The van der Waals surface area contributed by atoms with E-state index in [1.165, 1.54) is 24.3 Å². The zero-order valence-corrected chi connectivity index (χ0v) is 13.8. The van der Waals surface area contributed by atoms with E-state index in [-0.39, 0.29) is 11.4 Å². The summed E-state index contributed by atoms with van der Waals surface area (Å²) in [5, 5.41) is 14.7. The summed E-state index contributed by atoms with van der Waals surface area (Å²) < 4.78 is 13.7. The third kappa shape index (κ3) is 3.82. The number of hydrogen-bond donors (Lipinski definition) is 2. The van der Waals surface area contributed by atoms with Crippen molar-refractivity contribution in [3.05, 3.63) is 77.5 Å². The molecule has 7 heteroatoms. The van der Waals surface area contributed by atoms with E-state index in [2.05, 4.69) is 26.7 Å². The van der Waals surface area contributed by atoms with Crippen LogP contribution in [0.3, 0.4) is 0 Å². The Labute approximate surface area is 149 Å². The first-order valence-electron chi connectivity index (χ1n) is 7.74. The van der Waals surface area contributed by atoms with Crippen molar-refractivity contribution in [3.8, 4) is 6.07 Å². The van der Waals surface area contributed by atoms with Gasteiger partial charge in [-0.25, -0.2) is 14.4 Å². The molecule has 0 aliphatic carbocycles. The summed E-state index contributed by atoms with van der Waals surface area (Å²) in [6, 6.07) is 16.3. The van der Waals surface area contributed by atoms with Crippen molar-refractivity contribution in [2.75, 3.05) is 10.6 Å². The SMILES string of the molecule is Cc1nc(Nc2ccccc2C#N)cc(C(=O)Nc2ccccc2F)n1. The number of carbonyl (C=O) groups is 1. The number of rotatable bonds is 4. The molecule has 1 aromatic heterocycles. The molecule has 0 unspecified atom stereocenters. The molecule has 6 nitrogen and oxygen atoms in total. The zero-order valence-electron chi connectivity index (χ0n) is 13.8. The number of amides is 1. The second kappa shape index (κ2) is 7.40. The molecular weight excluding hydrogens is 333 g/mol. The van der Waals surface area contributed by atoms with E-state index in [0.29, 0.717) is 22.9 Å². The summed E-state index contributed by atoms with van der Waals surface area (Å²) >= 11 is 0. The second-order valence-electron chi connectivity index (χ2n) is 5.40. The minimum Gasteiger partial charge on any atom is -0.339 e. The monoisotopic (exact) mass is 347 g/mol. The van der Waals surface area contributed by atoms with Crippen LogP contribution in [0.15, 0.2) is 54.6 Å². The smallest absolute Gasteiger partial charge is 0.274 e. The van der Waals surface area contributed by atoms with Gasteiger partial charge in [0.15, 0.2) is 0 Å². The number of anilines is 3. The van der Waals surface area contributed by atoms with Gasteiger partial charge in [0.05, 0.1) is 16.9 Å². The first kappa shape index (κ1) is 17.0. The Hall–Kier alpha value is -3.79. The highest BCUT2D eigenvalue weighted by Gasteiger charge is 2.13. The third-order valence-electron chi connectivity index (χ3n) is 3.50. The normalized spacial score (nSPS) is 10.0. The van der Waals surface area contributed by atoms with Gasteiger partial charge in [0, 0.05) is 6.07 Å². The molecule has 0 fully saturated rings. The van der Waals surface area contributed by atoms with Crippen LogP contribution in [0.4, 0.5) is 21.6 Å². The second-order valence-corrected chi connectivity index (χ2v) is 5.40. The maximum atomic E-state index is 13.7. The molecule has 2 aromatic carbocycles. The predicted octanol–water partition coefficient (Wildman–Crippen LogP) is 3.79. The van der Waals surface area contributed by atoms with Gasteiger partial charge >= 0.3 is 0 Å². The van der Waals surface area contributed by atoms with Crippen molar-refractivity contribution in [2.24, 2.45) is 0 Å². The molecule has 0 atom stereocenters. The molecule has 3 aromatic rings. The van der Waals surface area contributed by atoms with Gasteiger partial charge in [-0.15, -0.1) is 0 Å². The lowest BCUT2D eigenvalue weighted by atomic mass is 10.2. The Morgan fingerprint density at radius 2 is 1.77 bits per heavy atom. The highest BCUT2D eigenvalue weighted by atomic mass is 19.1. The molecule has 0 aliphatic heterocycles. The molecule has 0 bridgehead atoms. The average molecular weight is 347 g/mol. The minimum absolute atomic E-state index is 0.0677. The third-order valence-corrected chi connectivity index (χ3v) is 3.50. The molecule has 0 saturated heterocycles. The molecule has 0 spiro atoms. The van der Waals surface area contributed by atoms with Gasteiger partial charge in [-0.05, 0) is 31.2 Å². The summed E-state index contributed by atoms with van der Waals surface area (Å²) in [4.78, 5) is 20.7. The van der Waals surface area contributed by atoms with E-state index in [4.69, 9.17) is 5.26 Å². The average Bonchev–Trinajstić information content (AvgIpc) is 2.63. The van der Waals surface area contributed by atoms with Crippen LogP contribution in [-0.4, -0.2) is 15.9 Å². The Balaban J connectivity index is 1.87. The number of nitriles is 1. The maximum absolute atomic E-state index is 13.7. The lowest BCUT2D eigenvalue weighted by Crippen LogP contribution is -2.16. The molecule has 128 valence electrons. The summed E-state index contributed by atoms with van der Waals surface area (Å²) in [5.41, 5.74) is 1.16. The van der Waals surface area contributed by atoms with E-state index < -0.39 is 11.7 Å². The minimum atomic E-state index is -0.558. The lowest BCUT2D eigenvalue weighted by Gasteiger charge is -2.10. The van der Waals surface area contributed by atoms with Crippen LogP contribution in [0, 0.1) is 24.1 Å². The summed E-state index contributed by atoms with van der Waals surface area (Å²) in [5.74, 6) is -0.368. The van der Waals surface area contributed by atoms with Gasteiger partial charge in [-0.3, -0.25) is 4.79 Å². The summed E-state index contributed by atoms with van der Waals surface area (Å²) in [7, 11) is 0. The van der Waals surface area contributed by atoms with Crippen molar-refractivity contribution >= 4 is 23.1 Å². The van der Waals surface area contributed by atoms with Gasteiger partial charge in [0.25, 0.3) is 5.91 Å². The fourth-order valence-electron chi connectivity index (χ4n) is 2.32. The van der Waals surface area contributed by atoms with Crippen LogP contribution in [0.25, 0.3) is 0 Å². The molecule has 1 heterocycles. The Kier molecular flexibility index (Phi) is 4.85. The molecular formula is C19H14FN5O. The summed E-state index contributed by atoms with van der Waals surface area (Å²) in [6.45, 7) is 1.64. The number of nitrogens with one attached hydrogen (secondary N) is 2. The van der Waals surface area contributed by atoms with E-state index in [9.17, 15) is 9.18 Å². The molecule has 2 N–H and O–H groups in total. The lowest BCUT2D eigenvalue weighted by molar-refractivity contribution is 0.102. The van der Waals surface area contributed by atoms with Crippen LogP contribution in [0.1, 0.15) is 21.9 Å². The van der Waals surface area contributed by atoms with Crippen molar-refractivity contribution < 1.29 is 9.18 Å². The van der Waals surface area contributed by atoms with Gasteiger partial charge in [-0.1, -0.05) is 24.3 Å². The molecule has 26 heavy (non-hydrogen) atoms. The number of halogens is 1. The highest BCUT2D eigenvalue weighted by Crippen LogP contribution is 2.20. The molecule has 0 radical (unpaired) electrons. The van der Waals surface area contributed by atoms with Gasteiger partial charge < -0.3 is 10.6 Å². The number of nitrogens with zero attached hydrogens (tertiary/aromatic N) is 3. The number of para-hydroxylation sites is 2.